The van der Waals surface area contributed by atoms with Crippen molar-refractivity contribution in [2.75, 3.05) is 11.9 Å². The highest BCUT2D eigenvalue weighted by Crippen LogP contribution is 2.37. The van der Waals surface area contributed by atoms with Gasteiger partial charge in [-0.2, -0.15) is 0 Å². The van der Waals surface area contributed by atoms with Gasteiger partial charge >= 0.3 is 12.0 Å². The van der Waals surface area contributed by atoms with Gasteiger partial charge in [0.2, 0.25) is 0 Å². The molecule has 5 nitrogen and oxygen atoms in total. The number of urea groups is 1. The summed E-state index contributed by atoms with van der Waals surface area (Å²) >= 11 is 5.82. The highest BCUT2D eigenvalue weighted by atomic mass is 35.5. The van der Waals surface area contributed by atoms with Gasteiger partial charge in [-0.25, -0.2) is 4.79 Å². The lowest BCUT2D eigenvalue weighted by Crippen LogP contribution is -2.42. The van der Waals surface area contributed by atoms with Gasteiger partial charge < -0.3 is 15.7 Å². The standard InChI is InChI=1S/C14H17ClN2O3/c15-10-4-3-5-11(8-10)17-13(20)16-9-14(12(18)19)6-1-2-7-14/h3-5,8H,1-2,6-7,9H2,(H,18,19)(H2,16,17,20). The van der Waals surface area contributed by atoms with Crippen molar-refractivity contribution in [3.8, 4) is 0 Å². The van der Waals surface area contributed by atoms with E-state index in [1.807, 2.05) is 0 Å². The maximum absolute atomic E-state index is 11.8. The number of halogens is 1. The fourth-order valence-corrected chi connectivity index (χ4v) is 2.70. The number of anilines is 1. The highest BCUT2D eigenvalue weighted by Gasteiger charge is 2.41. The Morgan fingerprint density at radius 1 is 1.30 bits per heavy atom. The van der Waals surface area contributed by atoms with Gasteiger partial charge in [0.05, 0.1) is 5.41 Å². The second-order valence-electron chi connectivity index (χ2n) is 5.11. The normalized spacial score (nSPS) is 16.6. The van der Waals surface area contributed by atoms with Crippen LogP contribution in [0.15, 0.2) is 24.3 Å². The molecule has 108 valence electrons. The maximum Gasteiger partial charge on any atom is 0.319 e. The summed E-state index contributed by atoms with van der Waals surface area (Å²) in [4.78, 5) is 23.1. The highest BCUT2D eigenvalue weighted by molar-refractivity contribution is 6.30. The van der Waals surface area contributed by atoms with Crippen molar-refractivity contribution in [1.29, 1.82) is 0 Å². The average molecular weight is 297 g/mol. The lowest BCUT2D eigenvalue weighted by atomic mass is 9.86. The van der Waals surface area contributed by atoms with Crippen molar-refractivity contribution in [2.24, 2.45) is 5.41 Å². The van der Waals surface area contributed by atoms with Gasteiger partial charge in [0.1, 0.15) is 0 Å². The zero-order chi connectivity index (χ0) is 14.6. The summed E-state index contributed by atoms with van der Waals surface area (Å²) in [6.07, 6.45) is 3.01. The molecule has 1 fully saturated rings. The molecule has 2 amide bonds. The Morgan fingerprint density at radius 3 is 2.60 bits per heavy atom. The zero-order valence-corrected chi connectivity index (χ0v) is 11.7. The molecular formula is C14H17ClN2O3. The number of nitrogens with one attached hydrogen (secondary N) is 2. The molecule has 1 aromatic carbocycles. The molecule has 3 N–H and O–H groups in total. The summed E-state index contributed by atoms with van der Waals surface area (Å²) in [6.45, 7) is 0.148. The summed E-state index contributed by atoms with van der Waals surface area (Å²) in [5, 5.41) is 15.1. The van der Waals surface area contributed by atoms with Gasteiger partial charge in [0, 0.05) is 17.3 Å². The van der Waals surface area contributed by atoms with E-state index in [9.17, 15) is 14.7 Å². The third-order valence-corrected chi connectivity index (χ3v) is 3.92. The van der Waals surface area contributed by atoms with Crippen LogP contribution < -0.4 is 10.6 Å². The molecule has 0 heterocycles. The van der Waals surface area contributed by atoms with Gasteiger partial charge in [-0.3, -0.25) is 4.79 Å². The summed E-state index contributed by atoms with van der Waals surface area (Å²) in [5.74, 6) is -0.835. The van der Waals surface area contributed by atoms with Gasteiger partial charge in [0.15, 0.2) is 0 Å². The van der Waals surface area contributed by atoms with Crippen LogP contribution in [0.1, 0.15) is 25.7 Å². The van der Waals surface area contributed by atoms with Crippen LogP contribution in [0.5, 0.6) is 0 Å². The molecule has 1 aliphatic carbocycles. The van der Waals surface area contributed by atoms with E-state index in [4.69, 9.17) is 11.6 Å². The number of aliphatic carboxylic acids is 1. The number of benzene rings is 1. The largest absolute Gasteiger partial charge is 0.481 e. The lowest BCUT2D eigenvalue weighted by Gasteiger charge is -2.24. The summed E-state index contributed by atoms with van der Waals surface area (Å²) in [5.41, 5.74) is -0.239. The number of carboxylic acids is 1. The summed E-state index contributed by atoms with van der Waals surface area (Å²) in [7, 11) is 0. The third kappa shape index (κ3) is 3.42. The number of amides is 2. The van der Waals surface area contributed by atoms with Crippen molar-refractivity contribution in [2.45, 2.75) is 25.7 Å². The molecule has 0 atom stereocenters. The number of carbonyl (C=O) groups is 2. The second-order valence-corrected chi connectivity index (χ2v) is 5.55. The predicted octanol–water partition coefficient (Wildman–Crippen LogP) is 3.11. The van der Waals surface area contributed by atoms with Crippen LogP contribution in [-0.4, -0.2) is 23.7 Å². The fourth-order valence-electron chi connectivity index (χ4n) is 2.51. The Kier molecular flexibility index (Phi) is 4.49. The molecule has 0 unspecified atom stereocenters. The van der Waals surface area contributed by atoms with Gasteiger partial charge in [0.25, 0.3) is 0 Å². The van der Waals surface area contributed by atoms with Crippen LogP contribution in [0, 0.1) is 5.41 Å². The van der Waals surface area contributed by atoms with Crippen LogP contribution in [0.25, 0.3) is 0 Å². The van der Waals surface area contributed by atoms with Crippen LogP contribution in [0.4, 0.5) is 10.5 Å². The minimum Gasteiger partial charge on any atom is -0.481 e. The van der Waals surface area contributed by atoms with Crippen LogP contribution in [-0.2, 0) is 4.79 Å². The molecule has 0 radical (unpaired) electrons. The van der Waals surface area contributed by atoms with E-state index in [1.54, 1.807) is 24.3 Å². The van der Waals surface area contributed by atoms with Crippen molar-refractivity contribution >= 4 is 29.3 Å². The Balaban J connectivity index is 1.90. The predicted molar refractivity (Wildman–Crippen MR) is 77.0 cm³/mol. The minimum atomic E-state index is -0.835. The van der Waals surface area contributed by atoms with Gasteiger partial charge in [-0.05, 0) is 31.0 Å². The van der Waals surface area contributed by atoms with E-state index in [2.05, 4.69) is 10.6 Å². The van der Waals surface area contributed by atoms with E-state index in [1.165, 1.54) is 0 Å². The quantitative estimate of drug-likeness (QED) is 0.799. The number of rotatable bonds is 4. The Morgan fingerprint density at radius 2 is 2.00 bits per heavy atom. The number of hydrogen-bond acceptors (Lipinski definition) is 2. The molecule has 1 aromatic rings. The molecule has 20 heavy (non-hydrogen) atoms. The fraction of sp³-hybridized carbons (Fsp3) is 0.429. The zero-order valence-electron chi connectivity index (χ0n) is 11.0. The van der Waals surface area contributed by atoms with Gasteiger partial charge in [-0.1, -0.05) is 30.5 Å². The Hall–Kier alpha value is -1.75. The van der Waals surface area contributed by atoms with E-state index < -0.39 is 17.4 Å². The molecule has 0 bridgehead atoms. The van der Waals surface area contributed by atoms with Crippen LogP contribution in [0.2, 0.25) is 5.02 Å². The smallest absolute Gasteiger partial charge is 0.319 e. The molecule has 0 aliphatic heterocycles. The third-order valence-electron chi connectivity index (χ3n) is 3.68. The first-order valence-corrected chi connectivity index (χ1v) is 6.93. The molecule has 0 saturated heterocycles. The molecular weight excluding hydrogens is 280 g/mol. The van der Waals surface area contributed by atoms with Crippen molar-refractivity contribution in [3.63, 3.8) is 0 Å². The average Bonchev–Trinajstić information content (AvgIpc) is 2.86. The van der Waals surface area contributed by atoms with Crippen LogP contribution in [0.3, 0.4) is 0 Å². The van der Waals surface area contributed by atoms with E-state index in [0.717, 1.165) is 12.8 Å². The molecule has 1 aliphatic rings. The molecule has 6 heteroatoms. The first kappa shape index (κ1) is 14.7. The van der Waals surface area contributed by atoms with E-state index in [0.29, 0.717) is 23.6 Å². The number of carboxylic acid groups (broad SMARTS) is 1. The first-order chi connectivity index (χ1) is 9.52. The van der Waals surface area contributed by atoms with Gasteiger partial charge in [-0.15, -0.1) is 0 Å². The SMILES string of the molecule is O=C(NCC1(C(=O)O)CCCC1)Nc1cccc(Cl)c1. The van der Waals surface area contributed by atoms with Crippen LogP contribution >= 0.6 is 11.6 Å². The molecule has 0 spiro atoms. The number of hydrogen-bond donors (Lipinski definition) is 3. The van der Waals surface area contributed by atoms with Crippen molar-refractivity contribution < 1.29 is 14.7 Å². The first-order valence-electron chi connectivity index (χ1n) is 6.56. The Labute approximate surface area is 122 Å². The summed E-state index contributed by atoms with van der Waals surface area (Å²) < 4.78 is 0. The van der Waals surface area contributed by atoms with E-state index >= 15 is 0 Å². The minimum absolute atomic E-state index is 0.148. The monoisotopic (exact) mass is 296 g/mol. The van der Waals surface area contributed by atoms with E-state index in [-0.39, 0.29) is 6.54 Å². The topological polar surface area (TPSA) is 78.4 Å². The maximum atomic E-state index is 11.8. The van der Waals surface area contributed by atoms with Crippen molar-refractivity contribution in [1.82, 2.24) is 5.32 Å². The molecule has 1 saturated carbocycles. The second kappa shape index (κ2) is 6.13. The summed E-state index contributed by atoms with van der Waals surface area (Å²) in [6, 6.07) is 6.37. The van der Waals surface area contributed by atoms with Crippen molar-refractivity contribution in [3.05, 3.63) is 29.3 Å². The molecule has 2 rings (SSSR count). The molecule has 0 aromatic heterocycles. The Bertz CT molecular complexity index is 513. The number of carbonyl (C=O) groups excluding carboxylic acids is 1. The lowest BCUT2D eigenvalue weighted by molar-refractivity contribution is -0.148.